The number of aryl methyl sites for hydroxylation is 1. The average molecular weight is 371 g/mol. The zero-order valence-corrected chi connectivity index (χ0v) is 16.2. The fourth-order valence-electron chi connectivity index (χ4n) is 3.67. The van der Waals surface area contributed by atoms with Gasteiger partial charge in [0.05, 0.1) is 16.9 Å². The second-order valence-corrected chi connectivity index (χ2v) is 8.17. The van der Waals surface area contributed by atoms with Crippen molar-refractivity contribution < 1.29 is 4.74 Å². The van der Waals surface area contributed by atoms with Gasteiger partial charge in [0.15, 0.2) is 0 Å². The first-order valence-corrected chi connectivity index (χ1v) is 10.1. The Morgan fingerprint density at radius 3 is 3.12 bits per heavy atom. The number of nitrogens with zero attached hydrogens (tertiary/aromatic N) is 2. The third-order valence-electron chi connectivity index (χ3n) is 4.93. The van der Waals surface area contributed by atoms with E-state index in [1.807, 2.05) is 0 Å². The number of methoxy groups -OCH3 is 1. The third-order valence-corrected chi connectivity index (χ3v) is 5.90. The van der Waals surface area contributed by atoms with Crippen molar-refractivity contribution in [3.05, 3.63) is 40.8 Å². The van der Waals surface area contributed by atoms with E-state index in [4.69, 9.17) is 9.73 Å². The molecule has 0 radical (unpaired) electrons. The number of piperazine rings is 1. The number of thiophene rings is 1. The van der Waals surface area contributed by atoms with Crippen molar-refractivity contribution in [1.82, 2.24) is 10.2 Å². The lowest BCUT2D eigenvalue weighted by atomic mass is 10.1. The summed E-state index contributed by atoms with van der Waals surface area (Å²) in [4.78, 5) is 8.84. The van der Waals surface area contributed by atoms with Gasteiger partial charge in [0.1, 0.15) is 10.8 Å². The number of amidine groups is 1. The van der Waals surface area contributed by atoms with Crippen LogP contribution in [-0.4, -0.2) is 50.1 Å². The first-order chi connectivity index (χ1) is 12.7. The van der Waals surface area contributed by atoms with Crippen LogP contribution in [0.4, 0.5) is 16.4 Å². The third kappa shape index (κ3) is 3.63. The second-order valence-electron chi connectivity index (χ2n) is 6.91. The molecule has 2 aliphatic heterocycles. The number of rotatable bonds is 4. The number of hydrogen-bond donors (Lipinski definition) is 2. The van der Waals surface area contributed by atoms with Crippen LogP contribution < -0.4 is 10.6 Å². The highest BCUT2D eigenvalue weighted by Crippen LogP contribution is 2.39. The van der Waals surface area contributed by atoms with Crippen LogP contribution in [-0.2, 0) is 4.74 Å². The molecule has 2 aromatic rings. The first kappa shape index (κ1) is 17.5. The summed E-state index contributed by atoms with van der Waals surface area (Å²) in [6.45, 7) is 5.94. The number of nitrogens with one attached hydrogen (secondary N) is 2. The Bertz CT molecular complexity index is 801. The smallest absolute Gasteiger partial charge is 0.139 e. The van der Waals surface area contributed by atoms with E-state index in [1.54, 1.807) is 18.4 Å². The Kier molecular flexibility index (Phi) is 5.24. The summed E-state index contributed by atoms with van der Waals surface area (Å²) in [6, 6.07) is 11.0. The molecule has 1 aromatic heterocycles. The summed E-state index contributed by atoms with van der Waals surface area (Å²) < 4.78 is 5.21. The first-order valence-electron chi connectivity index (χ1n) is 9.27. The maximum absolute atomic E-state index is 5.21. The lowest BCUT2D eigenvalue weighted by molar-refractivity contribution is 0.182. The molecule has 3 heterocycles. The van der Waals surface area contributed by atoms with E-state index in [0.717, 1.165) is 56.3 Å². The molecule has 1 unspecified atom stereocenters. The van der Waals surface area contributed by atoms with Crippen LogP contribution in [0.5, 0.6) is 0 Å². The molecule has 1 saturated heterocycles. The van der Waals surface area contributed by atoms with Crippen molar-refractivity contribution >= 4 is 33.5 Å². The second kappa shape index (κ2) is 7.78. The lowest BCUT2D eigenvalue weighted by Crippen LogP contribution is -2.52. The zero-order valence-electron chi connectivity index (χ0n) is 15.4. The van der Waals surface area contributed by atoms with Gasteiger partial charge < -0.3 is 20.3 Å². The van der Waals surface area contributed by atoms with Gasteiger partial charge in [-0.2, -0.15) is 0 Å². The molecule has 2 aliphatic rings. The summed E-state index contributed by atoms with van der Waals surface area (Å²) >= 11 is 1.80. The van der Waals surface area contributed by atoms with E-state index >= 15 is 0 Å². The molecule has 6 heteroatoms. The van der Waals surface area contributed by atoms with Crippen LogP contribution in [0.3, 0.4) is 0 Å². The van der Waals surface area contributed by atoms with Gasteiger partial charge in [-0.3, -0.25) is 0 Å². The molecule has 5 nitrogen and oxygen atoms in total. The highest BCUT2D eigenvalue weighted by atomic mass is 32.1. The maximum Gasteiger partial charge on any atom is 0.139 e. The molecule has 0 saturated carbocycles. The van der Waals surface area contributed by atoms with Crippen LogP contribution in [0, 0.1) is 6.92 Å². The highest BCUT2D eigenvalue weighted by molar-refractivity contribution is 7.16. The number of ether oxygens (including phenoxy) is 1. The maximum atomic E-state index is 5.21. The van der Waals surface area contributed by atoms with Crippen LogP contribution in [0.15, 0.2) is 35.3 Å². The van der Waals surface area contributed by atoms with E-state index in [1.165, 1.54) is 15.4 Å². The van der Waals surface area contributed by atoms with E-state index in [2.05, 4.69) is 52.8 Å². The Balaban J connectivity index is 1.64. The molecule has 138 valence electrons. The number of aliphatic imine (C=N–C) groups is 1. The Hall–Kier alpha value is -1.89. The molecule has 26 heavy (non-hydrogen) atoms. The van der Waals surface area contributed by atoms with Crippen molar-refractivity contribution in [3.8, 4) is 0 Å². The van der Waals surface area contributed by atoms with Gasteiger partial charge in [-0.15, -0.1) is 11.3 Å². The normalized spacial score (nSPS) is 19.2. The zero-order chi connectivity index (χ0) is 17.9. The standard InChI is InChI=1S/C20H26N4OS/c1-14-12-16-19(24-10-9-21-15(13-24)6-5-11-25-2)22-17-7-3-4-8-18(17)23-20(16)26-14/h3-4,7-8,12,15,21,23H,5-6,9-11,13H2,1-2H3. The molecule has 0 aliphatic carbocycles. The molecular formula is C20H26N4OS. The van der Waals surface area contributed by atoms with E-state index in [0.29, 0.717) is 6.04 Å². The van der Waals surface area contributed by atoms with Gasteiger partial charge in [0, 0.05) is 44.3 Å². The number of anilines is 2. The van der Waals surface area contributed by atoms with Gasteiger partial charge in [-0.25, -0.2) is 4.99 Å². The van der Waals surface area contributed by atoms with Gasteiger partial charge in [-0.1, -0.05) is 12.1 Å². The van der Waals surface area contributed by atoms with Crippen LogP contribution in [0.25, 0.3) is 0 Å². The summed E-state index contributed by atoms with van der Waals surface area (Å²) in [5.74, 6) is 1.10. The Labute approximate surface area is 159 Å². The molecule has 0 spiro atoms. The van der Waals surface area contributed by atoms with Crippen LogP contribution >= 0.6 is 11.3 Å². The van der Waals surface area contributed by atoms with Crippen LogP contribution in [0.2, 0.25) is 0 Å². The minimum absolute atomic E-state index is 0.483. The van der Waals surface area contributed by atoms with Gasteiger partial charge in [-0.05, 0) is 38.0 Å². The molecule has 2 N–H and O–H groups in total. The van der Waals surface area contributed by atoms with Crippen molar-refractivity contribution in [2.24, 2.45) is 4.99 Å². The van der Waals surface area contributed by atoms with Gasteiger partial charge in [0.2, 0.25) is 0 Å². The predicted molar refractivity (Wildman–Crippen MR) is 109 cm³/mol. The predicted octanol–water partition coefficient (Wildman–Crippen LogP) is 3.89. The summed E-state index contributed by atoms with van der Waals surface area (Å²) in [7, 11) is 1.77. The van der Waals surface area contributed by atoms with Gasteiger partial charge >= 0.3 is 0 Å². The monoisotopic (exact) mass is 370 g/mol. The molecular weight excluding hydrogens is 344 g/mol. The van der Waals surface area contributed by atoms with E-state index in [-0.39, 0.29) is 0 Å². The molecule has 0 amide bonds. The quantitative estimate of drug-likeness (QED) is 0.802. The van der Waals surface area contributed by atoms with E-state index in [9.17, 15) is 0 Å². The van der Waals surface area contributed by atoms with E-state index < -0.39 is 0 Å². The largest absolute Gasteiger partial charge is 0.385 e. The summed E-state index contributed by atoms with van der Waals surface area (Å²) in [5.41, 5.74) is 3.32. The number of benzene rings is 1. The molecule has 1 atom stereocenters. The molecule has 1 fully saturated rings. The summed E-state index contributed by atoms with van der Waals surface area (Å²) in [6.07, 6.45) is 2.21. The Morgan fingerprint density at radius 1 is 1.35 bits per heavy atom. The van der Waals surface area contributed by atoms with Gasteiger partial charge in [0.25, 0.3) is 0 Å². The topological polar surface area (TPSA) is 48.9 Å². The minimum Gasteiger partial charge on any atom is -0.385 e. The molecule has 4 rings (SSSR count). The fourth-order valence-corrected chi connectivity index (χ4v) is 4.59. The average Bonchev–Trinajstić information content (AvgIpc) is 2.94. The summed E-state index contributed by atoms with van der Waals surface area (Å²) in [5, 5.41) is 8.43. The van der Waals surface area contributed by atoms with Crippen molar-refractivity contribution in [1.29, 1.82) is 0 Å². The Morgan fingerprint density at radius 2 is 2.23 bits per heavy atom. The van der Waals surface area contributed by atoms with Crippen molar-refractivity contribution in [3.63, 3.8) is 0 Å². The number of fused-ring (bicyclic) bond motifs is 2. The SMILES string of the molecule is COCCCC1CN(C2=Nc3ccccc3Nc3sc(C)cc32)CCN1. The lowest BCUT2D eigenvalue weighted by Gasteiger charge is -2.35. The molecule has 0 bridgehead atoms. The highest BCUT2D eigenvalue weighted by Gasteiger charge is 2.27. The fraction of sp³-hybridized carbons (Fsp3) is 0.450. The number of para-hydroxylation sites is 2. The van der Waals surface area contributed by atoms with Crippen molar-refractivity contribution in [2.75, 3.05) is 38.7 Å². The van der Waals surface area contributed by atoms with Crippen molar-refractivity contribution in [2.45, 2.75) is 25.8 Å². The van der Waals surface area contributed by atoms with Crippen LogP contribution in [0.1, 0.15) is 23.3 Å². The minimum atomic E-state index is 0.483. The number of hydrogen-bond acceptors (Lipinski definition) is 6. The molecule has 1 aromatic carbocycles.